The molecule has 0 amide bonds. The molecule has 17 heavy (non-hydrogen) atoms. The van der Waals surface area contributed by atoms with E-state index in [9.17, 15) is 4.39 Å². The Hall–Kier alpha value is -1.72. The molecule has 0 unspecified atom stereocenters. The summed E-state index contributed by atoms with van der Waals surface area (Å²) >= 11 is 1.55. The fourth-order valence-electron chi connectivity index (χ4n) is 1.74. The molecular weight excluding hydrogens is 237 g/mol. The van der Waals surface area contributed by atoms with Crippen LogP contribution >= 0.6 is 11.3 Å². The Balaban J connectivity index is 2.11. The van der Waals surface area contributed by atoms with E-state index in [0.29, 0.717) is 6.54 Å². The van der Waals surface area contributed by atoms with Gasteiger partial charge < -0.3 is 5.73 Å². The highest BCUT2D eigenvalue weighted by molar-refractivity contribution is 7.15. The zero-order chi connectivity index (χ0) is 11.8. The molecule has 0 aliphatic rings. The van der Waals surface area contributed by atoms with Crippen LogP contribution in [0.5, 0.6) is 0 Å². The molecule has 0 atom stereocenters. The average Bonchev–Trinajstić information content (AvgIpc) is 2.89. The number of hydrogen-bond donors (Lipinski definition) is 1. The van der Waals surface area contributed by atoms with Gasteiger partial charge in [-0.25, -0.2) is 9.37 Å². The molecule has 3 rings (SSSR count). The van der Waals surface area contributed by atoms with E-state index in [1.165, 1.54) is 12.1 Å². The summed E-state index contributed by atoms with van der Waals surface area (Å²) in [6.45, 7) is 0.485. The molecular formula is C12H10FN3S. The molecule has 0 spiro atoms. The SMILES string of the molecule is NCc1csc2nc(-c3ccc(F)cc3)cn12. The highest BCUT2D eigenvalue weighted by Crippen LogP contribution is 2.23. The van der Waals surface area contributed by atoms with Gasteiger partial charge in [0.2, 0.25) is 0 Å². The number of thiazole rings is 1. The quantitative estimate of drug-likeness (QED) is 0.756. The van der Waals surface area contributed by atoms with Gasteiger partial charge >= 0.3 is 0 Å². The Kier molecular flexibility index (Phi) is 2.42. The minimum absolute atomic E-state index is 0.239. The van der Waals surface area contributed by atoms with Crippen LogP contribution in [0.1, 0.15) is 5.69 Å². The number of rotatable bonds is 2. The monoisotopic (exact) mass is 247 g/mol. The van der Waals surface area contributed by atoms with Crippen LogP contribution in [-0.2, 0) is 6.54 Å². The van der Waals surface area contributed by atoms with Crippen molar-refractivity contribution in [2.24, 2.45) is 5.73 Å². The van der Waals surface area contributed by atoms with Crippen molar-refractivity contribution in [1.82, 2.24) is 9.38 Å². The molecule has 3 aromatic rings. The van der Waals surface area contributed by atoms with Crippen LogP contribution in [0.15, 0.2) is 35.8 Å². The maximum absolute atomic E-state index is 12.8. The highest BCUT2D eigenvalue weighted by Gasteiger charge is 2.08. The number of halogens is 1. The van der Waals surface area contributed by atoms with Crippen LogP contribution in [0.25, 0.3) is 16.2 Å². The Morgan fingerprint density at radius 1 is 1.29 bits per heavy atom. The van der Waals surface area contributed by atoms with E-state index < -0.39 is 0 Å². The maximum Gasteiger partial charge on any atom is 0.194 e. The van der Waals surface area contributed by atoms with Crippen LogP contribution in [0.2, 0.25) is 0 Å². The van der Waals surface area contributed by atoms with Gasteiger partial charge in [0.25, 0.3) is 0 Å². The summed E-state index contributed by atoms with van der Waals surface area (Å²) in [4.78, 5) is 5.39. The van der Waals surface area contributed by atoms with Crippen molar-refractivity contribution >= 4 is 16.3 Å². The molecule has 0 bridgehead atoms. The van der Waals surface area contributed by atoms with E-state index in [2.05, 4.69) is 4.98 Å². The second-order valence-electron chi connectivity index (χ2n) is 3.72. The summed E-state index contributed by atoms with van der Waals surface area (Å²) in [7, 11) is 0. The molecule has 0 aliphatic heterocycles. The summed E-state index contributed by atoms with van der Waals surface area (Å²) in [6.07, 6.45) is 1.93. The van der Waals surface area contributed by atoms with Gasteiger partial charge in [0, 0.05) is 29.4 Å². The van der Waals surface area contributed by atoms with E-state index in [1.54, 1.807) is 23.5 Å². The minimum atomic E-state index is -0.239. The van der Waals surface area contributed by atoms with Gasteiger partial charge in [-0.05, 0) is 24.3 Å². The molecule has 0 saturated heterocycles. The summed E-state index contributed by atoms with van der Waals surface area (Å²) in [5, 5.41) is 2.00. The zero-order valence-corrected chi connectivity index (χ0v) is 9.75. The normalized spacial score (nSPS) is 11.2. The maximum atomic E-state index is 12.8. The Morgan fingerprint density at radius 3 is 2.76 bits per heavy atom. The predicted octanol–water partition coefficient (Wildman–Crippen LogP) is 2.66. The van der Waals surface area contributed by atoms with Crippen LogP contribution in [-0.4, -0.2) is 9.38 Å². The van der Waals surface area contributed by atoms with E-state index in [0.717, 1.165) is 21.9 Å². The van der Waals surface area contributed by atoms with Gasteiger partial charge in [-0.15, -0.1) is 11.3 Å². The number of imidazole rings is 1. The lowest BCUT2D eigenvalue weighted by atomic mass is 10.2. The summed E-state index contributed by atoms with van der Waals surface area (Å²) in [5.74, 6) is -0.239. The molecule has 86 valence electrons. The van der Waals surface area contributed by atoms with Gasteiger partial charge in [0.15, 0.2) is 4.96 Å². The van der Waals surface area contributed by atoms with Crippen LogP contribution in [0, 0.1) is 5.82 Å². The van der Waals surface area contributed by atoms with Crippen molar-refractivity contribution in [1.29, 1.82) is 0 Å². The molecule has 5 heteroatoms. The minimum Gasteiger partial charge on any atom is -0.325 e. The third kappa shape index (κ3) is 1.73. The molecule has 2 N–H and O–H groups in total. The number of benzene rings is 1. The van der Waals surface area contributed by atoms with Crippen LogP contribution < -0.4 is 5.73 Å². The summed E-state index contributed by atoms with van der Waals surface area (Å²) in [6, 6.07) is 6.33. The van der Waals surface area contributed by atoms with Crippen molar-refractivity contribution in [2.45, 2.75) is 6.54 Å². The van der Waals surface area contributed by atoms with E-state index in [4.69, 9.17) is 5.73 Å². The van der Waals surface area contributed by atoms with E-state index in [1.807, 2.05) is 16.0 Å². The first-order chi connectivity index (χ1) is 8.28. The fraction of sp³-hybridized carbons (Fsp3) is 0.0833. The molecule has 0 fully saturated rings. The van der Waals surface area contributed by atoms with Gasteiger partial charge in [0.05, 0.1) is 5.69 Å². The van der Waals surface area contributed by atoms with Gasteiger partial charge in [0.1, 0.15) is 5.82 Å². The molecule has 0 radical (unpaired) electrons. The average molecular weight is 247 g/mol. The van der Waals surface area contributed by atoms with Crippen molar-refractivity contribution in [3.63, 3.8) is 0 Å². The standard InChI is InChI=1S/C12H10FN3S/c13-9-3-1-8(2-4-9)11-6-16-10(5-14)7-17-12(16)15-11/h1-4,6-7H,5,14H2. The van der Waals surface area contributed by atoms with Crippen molar-refractivity contribution < 1.29 is 4.39 Å². The number of aromatic nitrogens is 2. The van der Waals surface area contributed by atoms with Gasteiger partial charge in [-0.1, -0.05) is 0 Å². The largest absolute Gasteiger partial charge is 0.325 e. The third-order valence-electron chi connectivity index (χ3n) is 2.63. The predicted molar refractivity (Wildman–Crippen MR) is 66.4 cm³/mol. The third-order valence-corrected chi connectivity index (χ3v) is 3.52. The first kappa shape index (κ1) is 10.4. The lowest BCUT2D eigenvalue weighted by Gasteiger charge is -1.95. The fourth-order valence-corrected chi connectivity index (χ4v) is 2.62. The van der Waals surface area contributed by atoms with Crippen molar-refractivity contribution in [3.05, 3.63) is 47.4 Å². The number of hydrogen-bond acceptors (Lipinski definition) is 3. The number of fused-ring (bicyclic) bond motifs is 1. The smallest absolute Gasteiger partial charge is 0.194 e. The summed E-state index contributed by atoms with van der Waals surface area (Å²) in [5.41, 5.74) is 8.42. The first-order valence-corrected chi connectivity index (χ1v) is 6.07. The molecule has 1 aromatic carbocycles. The second-order valence-corrected chi connectivity index (χ2v) is 4.55. The van der Waals surface area contributed by atoms with E-state index in [-0.39, 0.29) is 5.82 Å². The highest BCUT2D eigenvalue weighted by atomic mass is 32.1. The topological polar surface area (TPSA) is 43.3 Å². The van der Waals surface area contributed by atoms with Crippen molar-refractivity contribution in [3.8, 4) is 11.3 Å². The summed E-state index contributed by atoms with van der Waals surface area (Å²) < 4.78 is 14.8. The van der Waals surface area contributed by atoms with Gasteiger partial charge in [-0.3, -0.25) is 4.40 Å². The van der Waals surface area contributed by atoms with Crippen LogP contribution in [0.4, 0.5) is 4.39 Å². The molecule has 0 aliphatic carbocycles. The Morgan fingerprint density at radius 2 is 2.06 bits per heavy atom. The molecule has 2 heterocycles. The van der Waals surface area contributed by atoms with Crippen LogP contribution in [0.3, 0.4) is 0 Å². The zero-order valence-electron chi connectivity index (χ0n) is 8.93. The molecule has 2 aromatic heterocycles. The number of nitrogens with zero attached hydrogens (tertiary/aromatic N) is 2. The lowest BCUT2D eigenvalue weighted by Crippen LogP contribution is -1.98. The first-order valence-electron chi connectivity index (χ1n) is 5.19. The van der Waals surface area contributed by atoms with Crippen molar-refractivity contribution in [2.75, 3.05) is 0 Å². The Bertz CT molecular complexity index is 654. The second kappa shape index (κ2) is 3.94. The lowest BCUT2D eigenvalue weighted by molar-refractivity contribution is 0.628. The van der Waals surface area contributed by atoms with E-state index >= 15 is 0 Å². The number of nitrogens with two attached hydrogens (primary N) is 1. The Labute approximate surface area is 101 Å². The molecule has 0 saturated carbocycles. The van der Waals surface area contributed by atoms with Gasteiger partial charge in [-0.2, -0.15) is 0 Å². The molecule has 3 nitrogen and oxygen atoms in total.